The maximum Gasteiger partial charge on any atom is 0.416 e. The fraction of sp³-hybridized carbons (Fsp3) is 0.829. The Balaban J connectivity index is 1.24. The Morgan fingerprint density at radius 2 is 1.61 bits per heavy atom. The Kier molecular flexibility index (Phi) is 16.0. The van der Waals surface area contributed by atoms with Gasteiger partial charge in [0.05, 0.1) is 31.4 Å². The van der Waals surface area contributed by atoms with Gasteiger partial charge in [-0.3, -0.25) is 4.90 Å². The summed E-state index contributed by atoms with van der Waals surface area (Å²) in [7, 11) is -5.84. The summed E-state index contributed by atoms with van der Waals surface area (Å²) in [4.78, 5) is 26.0. The van der Waals surface area contributed by atoms with E-state index in [1.54, 1.807) is 29.1 Å². The minimum absolute atomic E-state index is 0.00234. The first-order chi connectivity index (χ1) is 29.7. The molecule has 360 valence electrons. The van der Waals surface area contributed by atoms with Crippen molar-refractivity contribution < 1.29 is 47.3 Å². The molecule has 0 N–H and O–H groups in total. The SMILES string of the molecule is CC(C)(C)OC(=O)N(c1nc(Cl)nc2c1cnn2[C@@H]1O[C@H](CO[C@@](COCC[Si](C)(C)C)(COCc2nnn(COCC[Si](C)(C)C)n2)P(C)(C)=O)[C@H]2OC(C)(C)O[C@H]21)C1CCCC1. The normalized spacial score (nSPS) is 22.9. The number of aromatic nitrogens is 8. The van der Waals surface area contributed by atoms with Gasteiger partial charge in [-0.2, -0.15) is 15.1 Å². The minimum Gasteiger partial charge on any atom is -0.443 e. The zero-order valence-electron chi connectivity index (χ0n) is 40.1. The molecule has 6 rings (SSSR count). The third-order valence-electron chi connectivity index (χ3n) is 11.4. The van der Waals surface area contributed by atoms with Crippen molar-refractivity contribution in [3.05, 3.63) is 17.3 Å². The largest absolute Gasteiger partial charge is 0.443 e. The van der Waals surface area contributed by atoms with Gasteiger partial charge in [0.2, 0.25) is 5.28 Å². The van der Waals surface area contributed by atoms with Crippen molar-refractivity contribution in [3.63, 3.8) is 0 Å². The average Bonchev–Trinajstić information content (AvgIpc) is 4.00. The van der Waals surface area contributed by atoms with Crippen molar-refractivity contribution in [2.24, 2.45) is 0 Å². The number of hydrogen-bond donors (Lipinski definition) is 0. The molecule has 5 heterocycles. The van der Waals surface area contributed by atoms with Gasteiger partial charge in [-0.15, -0.1) is 15.0 Å². The third-order valence-corrected chi connectivity index (χ3v) is 17.3. The van der Waals surface area contributed by atoms with Gasteiger partial charge in [0.25, 0.3) is 0 Å². The lowest BCUT2D eigenvalue weighted by molar-refractivity contribution is -0.208. The van der Waals surface area contributed by atoms with Crippen molar-refractivity contribution in [2.45, 2.75) is 172 Å². The van der Waals surface area contributed by atoms with Gasteiger partial charge in [0.1, 0.15) is 37.7 Å². The number of nitrogens with zero attached hydrogens (tertiary/aromatic N) is 9. The molecule has 3 fully saturated rings. The van der Waals surface area contributed by atoms with E-state index in [0.717, 1.165) is 37.8 Å². The first-order valence-electron chi connectivity index (χ1n) is 22.4. The van der Waals surface area contributed by atoms with Crippen molar-refractivity contribution in [3.8, 4) is 0 Å². The van der Waals surface area contributed by atoms with Gasteiger partial charge < -0.3 is 42.5 Å². The fourth-order valence-corrected chi connectivity index (χ4v) is 10.6. The van der Waals surface area contributed by atoms with Gasteiger partial charge in [-0.05, 0) is 89.7 Å². The van der Waals surface area contributed by atoms with Crippen molar-refractivity contribution in [2.75, 3.05) is 51.3 Å². The number of carbonyl (C=O) groups excluding carboxylic acids is 1. The Morgan fingerprint density at radius 3 is 2.25 bits per heavy atom. The number of carbonyl (C=O) groups is 1. The number of hydrogen-bond acceptors (Lipinski definition) is 16. The molecule has 0 unspecified atom stereocenters. The van der Waals surface area contributed by atoms with Crippen LogP contribution in [0, 0.1) is 0 Å². The van der Waals surface area contributed by atoms with E-state index in [0.29, 0.717) is 35.9 Å². The first kappa shape index (κ1) is 51.0. The third kappa shape index (κ3) is 13.2. The summed E-state index contributed by atoms with van der Waals surface area (Å²) in [5.41, 5.74) is -0.396. The number of tetrazole rings is 1. The first-order valence-corrected chi connectivity index (χ1v) is 32.8. The molecule has 0 bridgehead atoms. The number of halogens is 1. The van der Waals surface area contributed by atoms with Gasteiger partial charge in [-0.1, -0.05) is 52.1 Å². The number of amides is 1. The van der Waals surface area contributed by atoms with Crippen molar-refractivity contribution in [1.82, 2.24) is 40.0 Å². The maximum atomic E-state index is 14.5. The van der Waals surface area contributed by atoms with Crippen LogP contribution in [-0.2, 0) is 55.8 Å². The van der Waals surface area contributed by atoms with Crippen LogP contribution in [0.25, 0.3) is 11.0 Å². The average molecular weight is 973 g/mol. The molecule has 1 saturated carbocycles. The van der Waals surface area contributed by atoms with E-state index >= 15 is 0 Å². The summed E-state index contributed by atoms with van der Waals surface area (Å²) < 4.78 is 66.7. The van der Waals surface area contributed by atoms with E-state index in [4.69, 9.17) is 54.6 Å². The van der Waals surface area contributed by atoms with E-state index in [1.807, 2.05) is 34.6 Å². The van der Waals surface area contributed by atoms with Gasteiger partial charge in [0, 0.05) is 35.4 Å². The number of fused-ring (bicyclic) bond motifs is 2. The lowest BCUT2D eigenvalue weighted by Crippen LogP contribution is -2.46. The molecule has 0 spiro atoms. The Morgan fingerprint density at radius 1 is 0.969 bits per heavy atom. The molecular formula is C41H71ClN9O10PSi2. The Labute approximate surface area is 384 Å². The fourth-order valence-electron chi connectivity index (χ4n) is 7.78. The van der Waals surface area contributed by atoms with Gasteiger partial charge >= 0.3 is 6.09 Å². The molecule has 23 heteroatoms. The summed E-state index contributed by atoms with van der Waals surface area (Å²) in [6.45, 7) is 27.4. The highest BCUT2D eigenvalue weighted by Crippen LogP contribution is 2.54. The molecule has 19 nitrogen and oxygen atoms in total. The standard InChI is InChI=1S/C41H71ClN9O10PSi2/c1-39(2,3)61-38(52)50(28-16-14-15-17-28)34-29-22-43-51(35(29)45-37(42)44-34)36-33-32(59-40(4,5)60-33)30(58-36)23-57-41(62(6,7)53,25-54-18-20-63(8,9)10)26-56-24-31-46-48-49(47-31)27-55-19-21-64(11,12)13/h22,28,30,32-33,36H,14-21,23-27H2,1-13H3/t30-,32-,33-,36-,41-/m1/s1. The summed E-state index contributed by atoms with van der Waals surface area (Å²) in [6.07, 6.45) is 1.74. The minimum atomic E-state index is -3.15. The van der Waals surface area contributed by atoms with E-state index < -0.39 is 70.7 Å². The van der Waals surface area contributed by atoms with Crippen LogP contribution in [0.15, 0.2) is 6.20 Å². The van der Waals surface area contributed by atoms with E-state index in [9.17, 15) is 9.36 Å². The molecule has 3 aromatic rings. The van der Waals surface area contributed by atoms with E-state index in [1.165, 1.54) is 4.80 Å². The van der Waals surface area contributed by atoms with Crippen molar-refractivity contribution >= 4 is 57.8 Å². The van der Waals surface area contributed by atoms with Crippen LogP contribution < -0.4 is 4.90 Å². The summed E-state index contributed by atoms with van der Waals surface area (Å²) in [5, 5.41) is 16.5. The summed E-state index contributed by atoms with van der Waals surface area (Å²) in [6, 6.07) is 1.80. The monoisotopic (exact) mass is 971 g/mol. The highest BCUT2D eigenvalue weighted by molar-refractivity contribution is 7.63. The zero-order valence-corrected chi connectivity index (χ0v) is 43.7. The second-order valence-electron chi connectivity index (χ2n) is 21.5. The molecule has 1 aliphatic carbocycles. The number of ether oxygens (including phenoxy) is 8. The lowest BCUT2D eigenvalue weighted by Gasteiger charge is -2.38. The molecule has 0 radical (unpaired) electrons. The van der Waals surface area contributed by atoms with Crippen LogP contribution in [-0.4, -0.2) is 150 Å². The van der Waals surface area contributed by atoms with Gasteiger partial charge in [0.15, 0.2) is 41.4 Å². The molecule has 3 aliphatic rings. The number of anilines is 1. The quantitative estimate of drug-likeness (QED) is 0.0433. The molecular weight excluding hydrogens is 901 g/mol. The number of rotatable bonds is 21. The van der Waals surface area contributed by atoms with Crippen molar-refractivity contribution in [1.29, 1.82) is 0 Å². The smallest absolute Gasteiger partial charge is 0.416 e. The molecule has 2 saturated heterocycles. The van der Waals surface area contributed by atoms with E-state index in [-0.39, 0.29) is 44.5 Å². The molecule has 1 amide bonds. The van der Waals surface area contributed by atoms with Crippen LogP contribution in [0.5, 0.6) is 0 Å². The molecule has 3 aromatic heterocycles. The molecule has 5 atom stereocenters. The molecule has 0 aromatic carbocycles. The predicted octanol–water partition coefficient (Wildman–Crippen LogP) is 7.79. The van der Waals surface area contributed by atoms with Crippen LogP contribution in [0.3, 0.4) is 0 Å². The highest BCUT2D eigenvalue weighted by atomic mass is 35.5. The summed E-state index contributed by atoms with van der Waals surface area (Å²) >= 11 is 6.65. The predicted molar refractivity (Wildman–Crippen MR) is 248 cm³/mol. The zero-order chi connectivity index (χ0) is 46.9. The topological polar surface area (TPSA) is 198 Å². The van der Waals surface area contributed by atoms with Crippen LogP contribution in [0.2, 0.25) is 56.7 Å². The van der Waals surface area contributed by atoms with Gasteiger partial charge in [-0.25, -0.2) is 9.48 Å². The maximum absolute atomic E-state index is 14.5. The molecule has 64 heavy (non-hydrogen) atoms. The van der Waals surface area contributed by atoms with E-state index in [2.05, 4.69) is 64.7 Å². The lowest BCUT2D eigenvalue weighted by atomic mass is 10.1. The summed E-state index contributed by atoms with van der Waals surface area (Å²) in [5.74, 6) is -0.324. The Hall–Kier alpha value is -2.44. The Bertz CT molecular complexity index is 2100. The van der Waals surface area contributed by atoms with Crippen LogP contribution in [0.4, 0.5) is 10.6 Å². The second-order valence-corrected chi connectivity index (χ2v) is 36.5. The molecule has 2 aliphatic heterocycles. The van der Waals surface area contributed by atoms with Crippen LogP contribution >= 0.6 is 18.7 Å². The van der Waals surface area contributed by atoms with Crippen LogP contribution in [0.1, 0.15) is 72.4 Å². The highest BCUT2D eigenvalue weighted by Gasteiger charge is 2.58. The second kappa shape index (κ2) is 20.0.